The topological polar surface area (TPSA) is 34.1 Å². The number of sulfone groups is 1. The lowest BCUT2D eigenvalue weighted by Crippen LogP contribution is -2.11. The fraction of sp³-hybridized carbons (Fsp3) is 1.00. The minimum atomic E-state index is -2.78. The third-order valence-electron chi connectivity index (χ3n) is 1.96. The van der Waals surface area contributed by atoms with E-state index in [0.29, 0.717) is 17.6 Å². The van der Waals surface area contributed by atoms with Crippen molar-refractivity contribution in [1.29, 1.82) is 0 Å². The average Bonchev–Trinajstić information content (AvgIpc) is 2.02. The third-order valence-corrected chi connectivity index (χ3v) is 3.92. The zero-order valence-electron chi connectivity index (χ0n) is 7.72. The maximum Gasteiger partial charge on any atom is 0.150 e. The Morgan fingerprint density at radius 2 is 1.92 bits per heavy atom. The Morgan fingerprint density at radius 1 is 1.33 bits per heavy atom. The Balaban J connectivity index is 3.68. The molecule has 12 heavy (non-hydrogen) atoms. The van der Waals surface area contributed by atoms with Gasteiger partial charge in [-0.25, -0.2) is 8.42 Å². The second-order valence-corrected chi connectivity index (χ2v) is 5.96. The Bertz CT molecular complexity index is 199. The molecule has 0 aliphatic heterocycles. The van der Waals surface area contributed by atoms with Crippen molar-refractivity contribution < 1.29 is 8.42 Å². The first kappa shape index (κ1) is 12.2. The van der Waals surface area contributed by atoms with Crippen molar-refractivity contribution in [3.8, 4) is 0 Å². The van der Waals surface area contributed by atoms with Crippen molar-refractivity contribution >= 4 is 21.4 Å². The van der Waals surface area contributed by atoms with E-state index in [9.17, 15) is 8.42 Å². The molecule has 0 N–H and O–H groups in total. The standard InChI is InChI=1S/C8H17ClO2S/c1-3-12(10,11)7-5-8(2)4-6-9/h8H,3-7H2,1-2H3. The van der Waals surface area contributed by atoms with E-state index in [1.165, 1.54) is 0 Å². The fourth-order valence-corrected chi connectivity index (χ4v) is 2.28. The van der Waals surface area contributed by atoms with Gasteiger partial charge in [-0.15, -0.1) is 11.6 Å². The maximum absolute atomic E-state index is 11.1. The minimum Gasteiger partial charge on any atom is -0.229 e. The van der Waals surface area contributed by atoms with Crippen LogP contribution in [0.4, 0.5) is 0 Å². The average molecular weight is 213 g/mol. The van der Waals surface area contributed by atoms with Crippen LogP contribution in [0, 0.1) is 5.92 Å². The van der Waals surface area contributed by atoms with Gasteiger partial charge in [0.2, 0.25) is 0 Å². The molecule has 0 aliphatic carbocycles. The van der Waals surface area contributed by atoms with Crippen LogP contribution in [0.15, 0.2) is 0 Å². The molecule has 0 saturated heterocycles. The van der Waals surface area contributed by atoms with E-state index in [-0.39, 0.29) is 5.75 Å². The second kappa shape index (κ2) is 5.81. The smallest absolute Gasteiger partial charge is 0.150 e. The Kier molecular flexibility index (Phi) is 5.93. The van der Waals surface area contributed by atoms with Crippen LogP contribution in [0.5, 0.6) is 0 Å². The first-order valence-electron chi connectivity index (χ1n) is 4.28. The molecule has 0 rings (SSSR count). The zero-order valence-corrected chi connectivity index (χ0v) is 9.29. The first-order chi connectivity index (χ1) is 5.52. The van der Waals surface area contributed by atoms with Gasteiger partial charge in [-0.1, -0.05) is 13.8 Å². The van der Waals surface area contributed by atoms with Crippen LogP contribution in [-0.2, 0) is 9.84 Å². The summed E-state index contributed by atoms with van der Waals surface area (Å²) in [6, 6.07) is 0. The quantitative estimate of drug-likeness (QED) is 0.632. The highest BCUT2D eigenvalue weighted by atomic mass is 35.5. The van der Waals surface area contributed by atoms with Gasteiger partial charge in [0.1, 0.15) is 9.84 Å². The summed E-state index contributed by atoms with van der Waals surface area (Å²) in [7, 11) is -2.78. The molecule has 0 saturated carbocycles. The molecule has 1 atom stereocenters. The van der Waals surface area contributed by atoms with Crippen LogP contribution >= 0.6 is 11.6 Å². The van der Waals surface area contributed by atoms with Crippen LogP contribution in [0.1, 0.15) is 26.7 Å². The lowest BCUT2D eigenvalue weighted by Gasteiger charge is -2.08. The normalized spacial score (nSPS) is 14.6. The van der Waals surface area contributed by atoms with Crippen LogP contribution in [0.25, 0.3) is 0 Å². The van der Waals surface area contributed by atoms with Gasteiger partial charge in [-0.05, 0) is 18.8 Å². The zero-order chi connectivity index (χ0) is 9.61. The molecule has 0 bridgehead atoms. The molecule has 0 radical (unpaired) electrons. The minimum absolute atomic E-state index is 0.251. The monoisotopic (exact) mass is 212 g/mol. The van der Waals surface area contributed by atoms with Crippen LogP contribution in [0.2, 0.25) is 0 Å². The molecular formula is C8H17ClO2S. The van der Waals surface area contributed by atoms with Crippen molar-refractivity contribution in [3.63, 3.8) is 0 Å². The van der Waals surface area contributed by atoms with Crippen molar-refractivity contribution in [2.75, 3.05) is 17.4 Å². The van der Waals surface area contributed by atoms with E-state index < -0.39 is 9.84 Å². The maximum atomic E-state index is 11.1. The Morgan fingerprint density at radius 3 is 2.33 bits per heavy atom. The van der Waals surface area contributed by atoms with Gasteiger partial charge >= 0.3 is 0 Å². The molecular weight excluding hydrogens is 196 g/mol. The van der Waals surface area contributed by atoms with Crippen molar-refractivity contribution in [3.05, 3.63) is 0 Å². The van der Waals surface area contributed by atoms with E-state index in [0.717, 1.165) is 12.8 Å². The third kappa shape index (κ3) is 5.84. The number of rotatable bonds is 6. The molecule has 0 aromatic carbocycles. The van der Waals surface area contributed by atoms with E-state index in [1.807, 2.05) is 6.92 Å². The molecule has 1 unspecified atom stereocenters. The summed E-state index contributed by atoms with van der Waals surface area (Å²) < 4.78 is 22.2. The molecule has 0 aromatic heterocycles. The number of hydrogen-bond acceptors (Lipinski definition) is 2. The van der Waals surface area contributed by atoms with Gasteiger partial charge in [0.25, 0.3) is 0 Å². The molecule has 74 valence electrons. The number of hydrogen-bond donors (Lipinski definition) is 0. The SMILES string of the molecule is CCS(=O)(=O)CCC(C)CCCl. The van der Waals surface area contributed by atoms with Gasteiger partial charge in [0, 0.05) is 11.6 Å². The van der Waals surface area contributed by atoms with Crippen LogP contribution < -0.4 is 0 Å². The molecule has 0 aliphatic rings. The molecule has 0 spiro atoms. The molecule has 4 heteroatoms. The lowest BCUT2D eigenvalue weighted by molar-refractivity contribution is 0.534. The predicted molar refractivity (Wildman–Crippen MR) is 53.4 cm³/mol. The number of halogens is 1. The highest BCUT2D eigenvalue weighted by Crippen LogP contribution is 2.10. The molecule has 0 aromatic rings. The highest BCUT2D eigenvalue weighted by Gasteiger charge is 2.09. The van der Waals surface area contributed by atoms with E-state index in [2.05, 4.69) is 0 Å². The summed E-state index contributed by atoms with van der Waals surface area (Å²) in [5.41, 5.74) is 0. The lowest BCUT2D eigenvalue weighted by atomic mass is 10.1. The molecule has 0 heterocycles. The summed E-state index contributed by atoms with van der Waals surface area (Å²) in [6.45, 7) is 3.72. The van der Waals surface area contributed by atoms with Gasteiger partial charge in [0.15, 0.2) is 0 Å². The van der Waals surface area contributed by atoms with Gasteiger partial charge in [-0.3, -0.25) is 0 Å². The van der Waals surface area contributed by atoms with E-state index in [4.69, 9.17) is 11.6 Å². The van der Waals surface area contributed by atoms with Crippen molar-refractivity contribution in [2.24, 2.45) is 5.92 Å². The predicted octanol–water partition coefficient (Wildman–Crippen LogP) is 2.08. The first-order valence-corrected chi connectivity index (χ1v) is 6.63. The summed E-state index contributed by atoms with van der Waals surface area (Å²) in [5, 5.41) is 0. The van der Waals surface area contributed by atoms with E-state index >= 15 is 0 Å². The van der Waals surface area contributed by atoms with Crippen molar-refractivity contribution in [2.45, 2.75) is 26.7 Å². The highest BCUT2D eigenvalue weighted by molar-refractivity contribution is 7.91. The Hall–Kier alpha value is 0.240. The van der Waals surface area contributed by atoms with Crippen molar-refractivity contribution in [1.82, 2.24) is 0 Å². The molecule has 0 amide bonds. The second-order valence-electron chi connectivity index (χ2n) is 3.11. The number of alkyl halides is 1. The fourth-order valence-electron chi connectivity index (χ4n) is 0.856. The Labute approximate surface area is 80.2 Å². The molecule has 0 fully saturated rings. The van der Waals surface area contributed by atoms with Crippen LogP contribution in [-0.4, -0.2) is 25.8 Å². The summed E-state index contributed by atoms with van der Waals surface area (Å²) in [4.78, 5) is 0. The van der Waals surface area contributed by atoms with Crippen LogP contribution in [0.3, 0.4) is 0 Å². The summed E-state index contributed by atoms with van der Waals surface area (Å²) >= 11 is 5.53. The van der Waals surface area contributed by atoms with E-state index in [1.54, 1.807) is 6.92 Å². The summed E-state index contributed by atoms with van der Waals surface area (Å²) in [5.74, 6) is 1.60. The summed E-state index contributed by atoms with van der Waals surface area (Å²) in [6.07, 6.45) is 1.64. The van der Waals surface area contributed by atoms with Gasteiger partial charge in [-0.2, -0.15) is 0 Å². The largest absolute Gasteiger partial charge is 0.229 e. The molecule has 2 nitrogen and oxygen atoms in total. The van der Waals surface area contributed by atoms with Gasteiger partial charge < -0.3 is 0 Å². The van der Waals surface area contributed by atoms with Gasteiger partial charge in [0.05, 0.1) is 5.75 Å².